The minimum absolute atomic E-state index is 0.396. The highest BCUT2D eigenvalue weighted by atomic mass is 14.5. The van der Waals surface area contributed by atoms with Crippen molar-refractivity contribution in [3.8, 4) is 0 Å². The zero-order valence-corrected chi connectivity index (χ0v) is 13.1. The molecule has 0 amide bonds. The second kappa shape index (κ2) is 5.24. The molecule has 1 aromatic carbocycles. The first-order valence-corrected chi connectivity index (χ1v) is 8.30. The van der Waals surface area contributed by atoms with Crippen LogP contribution in [-0.2, 0) is 11.8 Å². The highest BCUT2D eigenvalue weighted by Crippen LogP contribution is 2.56. The van der Waals surface area contributed by atoms with Gasteiger partial charge in [0, 0.05) is 5.41 Å². The Morgan fingerprint density at radius 1 is 0.950 bits per heavy atom. The Morgan fingerprint density at radius 3 is 2.55 bits per heavy atom. The summed E-state index contributed by atoms with van der Waals surface area (Å²) in [6.45, 7) is 6.23. The third kappa shape index (κ3) is 1.89. The number of benzene rings is 1. The van der Waals surface area contributed by atoms with Crippen LogP contribution in [0.25, 0.3) is 0 Å². The lowest BCUT2D eigenvalue weighted by Crippen LogP contribution is -2.21. The fourth-order valence-electron chi connectivity index (χ4n) is 4.32. The molecule has 1 aromatic rings. The Kier molecular flexibility index (Phi) is 3.58. The average molecular weight is 266 g/mol. The summed E-state index contributed by atoms with van der Waals surface area (Å²) in [5, 5.41) is 0. The van der Waals surface area contributed by atoms with Crippen LogP contribution < -0.4 is 0 Å². The summed E-state index contributed by atoms with van der Waals surface area (Å²) in [7, 11) is 0. The van der Waals surface area contributed by atoms with Crippen LogP contribution in [0, 0.1) is 6.92 Å². The lowest BCUT2D eigenvalue weighted by atomic mass is 9.75. The molecule has 4 rings (SSSR count). The van der Waals surface area contributed by atoms with Gasteiger partial charge in [-0.1, -0.05) is 49.8 Å². The van der Waals surface area contributed by atoms with Gasteiger partial charge in [-0.25, -0.2) is 0 Å². The van der Waals surface area contributed by atoms with Gasteiger partial charge in [0.1, 0.15) is 0 Å². The molecule has 0 bridgehead atoms. The van der Waals surface area contributed by atoms with Gasteiger partial charge < -0.3 is 0 Å². The number of hydrogen-bond donors (Lipinski definition) is 0. The molecule has 0 saturated heterocycles. The van der Waals surface area contributed by atoms with E-state index in [4.69, 9.17) is 0 Å². The first kappa shape index (κ1) is 13.7. The number of fused-ring (bicyclic) bond motifs is 4. The quantitative estimate of drug-likeness (QED) is 0.569. The summed E-state index contributed by atoms with van der Waals surface area (Å²) in [4.78, 5) is 0. The van der Waals surface area contributed by atoms with Gasteiger partial charge >= 0.3 is 0 Å². The first-order chi connectivity index (χ1) is 9.79. The van der Waals surface area contributed by atoms with Crippen molar-refractivity contribution < 1.29 is 0 Å². The van der Waals surface area contributed by atoms with Gasteiger partial charge in [-0.15, -0.1) is 0 Å². The van der Waals surface area contributed by atoms with Gasteiger partial charge in [0.25, 0.3) is 0 Å². The highest BCUT2D eigenvalue weighted by molar-refractivity contribution is 5.57. The van der Waals surface area contributed by atoms with Gasteiger partial charge in [0.15, 0.2) is 0 Å². The summed E-state index contributed by atoms with van der Waals surface area (Å²) >= 11 is 0. The minimum Gasteiger partial charge on any atom is -0.0807 e. The molecular weight excluding hydrogens is 240 g/mol. The van der Waals surface area contributed by atoms with Crippen LogP contribution in [0.1, 0.15) is 62.6 Å². The number of hydrogen-bond acceptors (Lipinski definition) is 0. The van der Waals surface area contributed by atoms with E-state index in [-0.39, 0.29) is 0 Å². The SMILES string of the molecule is CC.Cc1ccc2c(c1)C1(CCC3=CCCC=C31)CC2. The van der Waals surface area contributed by atoms with Crippen LogP contribution >= 0.6 is 0 Å². The normalized spacial score (nSPS) is 26.4. The number of rotatable bonds is 0. The summed E-state index contributed by atoms with van der Waals surface area (Å²) in [6, 6.07) is 7.10. The van der Waals surface area contributed by atoms with Gasteiger partial charge in [-0.3, -0.25) is 0 Å². The van der Waals surface area contributed by atoms with Crippen LogP contribution in [0.5, 0.6) is 0 Å². The van der Waals surface area contributed by atoms with Crippen LogP contribution in [-0.4, -0.2) is 0 Å². The summed E-state index contributed by atoms with van der Waals surface area (Å²) in [6.07, 6.45) is 12.8. The Morgan fingerprint density at radius 2 is 1.70 bits per heavy atom. The van der Waals surface area contributed by atoms with E-state index in [2.05, 4.69) is 37.3 Å². The summed E-state index contributed by atoms with van der Waals surface area (Å²) in [5.41, 5.74) is 8.43. The Hall–Kier alpha value is -1.30. The average Bonchev–Trinajstić information content (AvgIpc) is 3.05. The topological polar surface area (TPSA) is 0 Å². The van der Waals surface area contributed by atoms with Crippen molar-refractivity contribution in [1.29, 1.82) is 0 Å². The summed E-state index contributed by atoms with van der Waals surface area (Å²) < 4.78 is 0. The Bertz CT molecular complexity index is 574. The first-order valence-electron chi connectivity index (χ1n) is 8.30. The van der Waals surface area contributed by atoms with Gasteiger partial charge in [0.2, 0.25) is 0 Å². The molecule has 0 nitrogen and oxygen atoms in total. The molecule has 1 unspecified atom stereocenters. The van der Waals surface area contributed by atoms with Crippen molar-refractivity contribution >= 4 is 0 Å². The van der Waals surface area contributed by atoms with Crippen molar-refractivity contribution in [1.82, 2.24) is 0 Å². The lowest BCUT2D eigenvalue weighted by Gasteiger charge is -2.28. The Balaban J connectivity index is 0.000000581. The molecule has 0 aliphatic heterocycles. The van der Waals surface area contributed by atoms with Crippen LogP contribution in [0.2, 0.25) is 0 Å². The van der Waals surface area contributed by atoms with E-state index >= 15 is 0 Å². The molecule has 1 spiro atoms. The van der Waals surface area contributed by atoms with E-state index in [1.807, 2.05) is 13.8 Å². The van der Waals surface area contributed by atoms with Crippen molar-refractivity contribution in [2.45, 2.75) is 64.7 Å². The molecule has 0 heterocycles. The molecule has 20 heavy (non-hydrogen) atoms. The van der Waals surface area contributed by atoms with E-state index in [0.717, 1.165) is 0 Å². The molecule has 0 heteroatoms. The van der Waals surface area contributed by atoms with Crippen molar-refractivity contribution in [3.05, 3.63) is 58.2 Å². The number of allylic oxidation sites excluding steroid dienone is 4. The lowest BCUT2D eigenvalue weighted by molar-refractivity contribution is 0.510. The molecule has 0 N–H and O–H groups in total. The molecule has 3 aliphatic carbocycles. The molecular formula is C20H26. The number of aryl methyl sites for hydroxylation is 2. The van der Waals surface area contributed by atoms with E-state index in [1.165, 1.54) is 44.1 Å². The maximum atomic E-state index is 2.54. The minimum atomic E-state index is 0.396. The zero-order chi connectivity index (χ0) is 14.2. The maximum Gasteiger partial charge on any atom is 0.0211 e. The van der Waals surface area contributed by atoms with Crippen LogP contribution in [0.15, 0.2) is 41.5 Å². The second-order valence-electron chi connectivity index (χ2n) is 6.17. The second-order valence-corrected chi connectivity index (χ2v) is 6.17. The van der Waals surface area contributed by atoms with Crippen molar-refractivity contribution in [2.75, 3.05) is 0 Å². The van der Waals surface area contributed by atoms with Crippen LogP contribution in [0.3, 0.4) is 0 Å². The van der Waals surface area contributed by atoms with Gasteiger partial charge in [-0.2, -0.15) is 0 Å². The third-order valence-electron chi connectivity index (χ3n) is 5.19. The molecule has 1 atom stereocenters. The zero-order valence-electron chi connectivity index (χ0n) is 13.1. The molecule has 1 fully saturated rings. The van der Waals surface area contributed by atoms with E-state index in [9.17, 15) is 0 Å². The van der Waals surface area contributed by atoms with Crippen molar-refractivity contribution in [3.63, 3.8) is 0 Å². The molecule has 106 valence electrons. The highest BCUT2D eigenvalue weighted by Gasteiger charge is 2.46. The van der Waals surface area contributed by atoms with E-state index in [0.29, 0.717) is 5.41 Å². The predicted octanol–water partition coefficient (Wildman–Crippen LogP) is 5.65. The molecule has 3 aliphatic rings. The Labute approximate surface area is 123 Å². The molecule has 1 saturated carbocycles. The standard InChI is InChI=1S/C18H20.C2H6/c1-13-6-7-15-9-11-18(17(15)12-13)10-8-14-4-2-3-5-16(14)18;1-2/h4-7,12H,2-3,8-11H2,1H3;1-2H3. The van der Waals surface area contributed by atoms with Crippen molar-refractivity contribution in [2.24, 2.45) is 0 Å². The smallest absolute Gasteiger partial charge is 0.0211 e. The fraction of sp³-hybridized carbons (Fsp3) is 0.500. The van der Waals surface area contributed by atoms with E-state index in [1.54, 1.807) is 22.3 Å². The van der Waals surface area contributed by atoms with E-state index < -0.39 is 0 Å². The summed E-state index contributed by atoms with van der Waals surface area (Å²) in [5.74, 6) is 0. The predicted molar refractivity (Wildman–Crippen MR) is 87.2 cm³/mol. The molecule has 0 radical (unpaired) electrons. The van der Waals surface area contributed by atoms with Gasteiger partial charge in [-0.05, 0) is 67.7 Å². The maximum absolute atomic E-state index is 2.54. The van der Waals surface area contributed by atoms with Crippen LogP contribution in [0.4, 0.5) is 0 Å². The molecule has 0 aromatic heterocycles. The van der Waals surface area contributed by atoms with Gasteiger partial charge in [0.05, 0.1) is 0 Å². The monoisotopic (exact) mass is 266 g/mol. The third-order valence-corrected chi connectivity index (χ3v) is 5.19. The largest absolute Gasteiger partial charge is 0.0807 e. The fourth-order valence-corrected chi connectivity index (χ4v) is 4.32.